The molecule has 0 aliphatic carbocycles. The molecule has 2 aliphatic heterocycles. The van der Waals surface area contributed by atoms with Crippen molar-refractivity contribution in [1.82, 2.24) is 4.90 Å². The Bertz CT molecular complexity index is 956. The van der Waals surface area contributed by atoms with Gasteiger partial charge in [0.05, 0.1) is 21.4 Å². The van der Waals surface area contributed by atoms with Crippen LogP contribution in [0.25, 0.3) is 0 Å². The van der Waals surface area contributed by atoms with Gasteiger partial charge in [-0.25, -0.2) is 4.79 Å². The van der Waals surface area contributed by atoms with Crippen LogP contribution in [0, 0.1) is 0 Å². The Labute approximate surface area is 191 Å². The highest BCUT2D eigenvalue weighted by atomic mass is 79.9. The summed E-state index contributed by atoms with van der Waals surface area (Å²) in [5, 5.41) is 7.00. The molecule has 1 unspecified atom stereocenters. The molecule has 1 fully saturated rings. The van der Waals surface area contributed by atoms with Crippen molar-refractivity contribution in [1.29, 1.82) is 0 Å². The first-order chi connectivity index (χ1) is 14.0. The summed E-state index contributed by atoms with van der Waals surface area (Å²) in [5.41, 5.74) is 2.22. The number of nitrogens with zero attached hydrogens (tertiary/aromatic N) is 2. The van der Waals surface area contributed by atoms with Gasteiger partial charge in [0.1, 0.15) is 0 Å². The number of anilines is 3. The average molecular weight is 517 g/mol. The minimum Gasteiger partial charge on any atom is -0.324 e. The fraction of sp³-hybridized carbons (Fsp3) is 0.316. The normalized spacial score (nSPS) is 18.9. The summed E-state index contributed by atoms with van der Waals surface area (Å²) in [6, 6.07) is 11.0. The molecule has 1 saturated heterocycles. The van der Waals surface area contributed by atoms with Gasteiger partial charge in [-0.3, -0.25) is 4.90 Å². The van der Waals surface area contributed by atoms with Crippen LogP contribution in [0.15, 0.2) is 40.9 Å². The fourth-order valence-corrected chi connectivity index (χ4v) is 5.08. The fourth-order valence-electron chi connectivity index (χ4n) is 3.77. The quantitative estimate of drug-likeness (QED) is 0.536. The number of urea groups is 1. The van der Waals surface area contributed by atoms with Crippen molar-refractivity contribution in [3.05, 3.63) is 50.9 Å². The van der Waals surface area contributed by atoms with E-state index in [0.29, 0.717) is 40.5 Å². The number of para-hydroxylation sites is 1. The third-order valence-electron chi connectivity index (χ3n) is 5.20. The van der Waals surface area contributed by atoms with Crippen molar-refractivity contribution in [2.75, 3.05) is 28.6 Å². The van der Waals surface area contributed by atoms with Gasteiger partial charge in [0.2, 0.25) is 0 Å². The molecule has 2 N–H and O–H groups in total. The first-order valence-electron chi connectivity index (χ1n) is 9.11. The van der Waals surface area contributed by atoms with Gasteiger partial charge in [0.25, 0.3) is 0 Å². The second-order valence-corrected chi connectivity index (χ2v) is 9.22. The summed E-state index contributed by atoms with van der Waals surface area (Å²) in [6.45, 7) is 1.21. The van der Waals surface area contributed by atoms with Crippen LogP contribution in [0.3, 0.4) is 0 Å². The lowest BCUT2D eigenvalue weighted by Gasteiger charge is -2.36. The molecule has 1 atom stereocenters. The Balaban J connectivity index is 1.41. The number of amides is 2. The number of benzene rings is 2. The van der Waals surface area contributed by atoms with Crippen molar-refractivity contribution in [3.63, 3.8) is 0 Å². The van der Waals surface area contributed by atoms with E-state index in [9.17, 15) is 9.00 Å². The second kappa shape index (κ2) is 8.63. The smallest absolute Gasteiger partial charge is 0.324 e. The van der Waals surface area contributed by atoms with Gasteiger partial charge in [0.15, 0.2) is 0 Å². The first kappa shape index (κ1) is 20.7. The van der Waals surface area contributed by atoms with Crippen molar-refractivity contribution in [2.24, 2.45) is 0 Å². The van der Waals surface area contributed by atoms with Crippen LogP contribution in [-0.4, -0.2) is 35.6 Å². The van der Waals surface area contributed by atoms with Crippen molar-refractivity contribution < 1.29 is 9.00 Å². The molecule has 0 bridgehead atoms. The van der Waals surface area contributed by atoms with E-state index in [1.807, 2.05) is 18.2 Å². The van der Waals surface area contributed by atoms with Crippen molar-refractivity contribution in [2.45, 2.75) is 24.4 Å². The second-order valence-electron chi connectivity index (χ2n) is 6.91. The third kappa shape index (κ3) is 4.17. The topological polar surface area (TPSA) is 64.7 Å². The number of carbonyl (C=O) groups excluding carboxylic acids is 1. The summed E-state index contributed by atoms with van der Waals surface area (Å²) in [7, 11) is 0. The molecule has 2 heterocycles. The first-order valence-corrected chi connectivity index (χ1v) is 11.5. The van der Waals surface area contributed by atoms with Gasteiger partial charge < -0.3 is 15.5 Å². The van der Waals surface area contributed by atoms with E-state index in [1.165, 1.54) is 0 Å². The summed E-state index contributed by atoms with van der Waals surface area (Å²) in [6.07, 6.45) is 1.55. The molecule has 2 aliphatic rings. The van der Waals surface area contributed by atoms with Gasteiger partial charge in [-0.05, 0) is 59.1 Å². The molecular weight excluding hydrogens is 499 g/mol. The zero-order valence-electron chi connectivity index (χ0n) is 15.2. The highest BCUT2D eigenvalue weighted by Crippen LogP contribution is 2.42. The minimum absolute atomic E-state index is 0.167. The summed E-state index contributed by atoms with van der Waals surface area (Å²) < 4.78 is 12.6. The molecule has 0 saturated carbocycles. The molecule has 152 valence electrons. The van der Waals surface area contributed by atoms with Gasteiger partial charge >= 0.3 is 23.2 Å². The lowest BCUT2D eigenvalue weighted by Crippen LogP contribution is -2.50. The van der Waals surface area contributed by atoms with E-state index in [-0.39, 0.29) is 17.6 Å². The largest absolute Gasteiger partial charge is 0.511 e. The molecule has 4 rings (SSSR count). The van der Waals surface area contributed by atoms with E-state index in [4.69, 9.17) is 23.2 Å². The van der Waals surface area contributed by atoms with Gasteiger partial charge in [0, 0.05) is 33.5 Å². The maximum Gasteiger partial charge on any atom is 0.511 e. The Morgan fingerprint density at radius 2 is 1.93 bits per heavy atom. The predicted molar refractivity (Wildman–Crippen MR) is 122 cm³/mol. The van der Waals surface area contributed by atoms with Gasteiger partial charge in [-0.2, -0.15) is 0 Å². The molecule has 29 heavy (non-hydrogen) atoms. The molecule has 10 heteroatoms. The van der Waals surface area contributed by atoms with Gasteiger partial charge in [-0.1, -0.05) is 29.3 Å². The van der Waals surface area contributed by atoms with E-state index >= 15 is 0 Å². The van der Waals surface area contributed by atoms with Crippen molar-refractivity contribution in [3.8, 4) is 0 Å². The molecule has 0 aromatic heterocycles. The Hall–Kier alpha value is -1.61. The number of hydrogen-bond donors (Lipinski definition) is 2. The van der Waals surface area contributed by atoms with E-state index in [2.05, 4.69) is 31.5 Å². The summed E-state index contributed by atoms with van der Waals surface area (Å²) in [4.78, 5) is 16.5. The summed E-state index contributed by atoms with van der Waals surface area (Å²) in [5.74, 6) is 0. The number of rotatable bonds is 3. The van der Waals surface area contributed by atoms with Crippen LogP contribution in [0.2, 0.25) is 10.0 Å². The summed E-state index contributed by atoms with van der Waals surface area (Å²) >= 11 is 16.0. The number of hydrogen-bond acceptors (Lipinski definition) is 4. The third-order valence-corrected chi connectivity index (χ3v) is 7.12. The molecule has 2 amide bonds. The SMILES string of the molecule is O=[S+]C1Nc2c(Br)cccc2N1C1CCN(C(=O)Nc2ccc(Cl)c(Cl)c2)CC1. The maximum atomic E-state index is 12.6. The van der Waals surface area contributed by atoms with E-state index in [1.54, 1.807) is 23.1 Å². The Kier molecular flexibility index (Phi) is 6.15. The standard InChI is InChI=1S/C19H17BrCl2N4O2S/c20-13-2-1-3-16-17(13)24-19(29-28)26(16)12-6-8-25(9-7-12)18(27)23-11-4-5-14(21)15(22)10-11/h1-5,10,12,19,24H,6-9H2/p+1. The van der Waals surface area contributed by atoms with Crippen LogP contribution in [0.1, 0.15) is 12.8 Å². The van der Waals surface area contributed by atoms with Crippen LogP contribution in [-0.2, 0) is 15.9 Å². The number of fused-ring (bicyclic) bond motifs is 1. The molecule has 2 aromatic carbocycles. The minimum atomic E-state index is -0.356. The highest BCUT2D eigenvalue weighted by molar-refractivity contribution is 9.10. The number of nitrogens with one attached hydrogen (secondary N) is 2. The monoisotopic (exact) mass is 515 g/mol. The van der Waals surface area contributed by atoms with E-state index in [0.717, 1.165) is 28.7 Å². The van der Waals surface area contributed by atoms with E-state index < -0.39 is 0 Å². The van der Waals surface area contributed by atoms with Crippen molar-refractivity contribution >= 4 is 73.9 Å². The van der Waals surface area contributed by atoms with Crippen LogP contribution in [0.5, 0.6) is 0 Å². The number of piperidine rings is 1. The number of likely N-dealkylation sites (tertiary alicyclic amines) is 1. The van der Waals surface area contributed by atoms with Gasteiger partial charge in [-0.15, -0.1) is 0 Å². The number of carbonyl (C=O) groups is 1. The predicted octanol–water partition coefficient (Wildman–Crippen LogP) is 5.40. The average Bonchev–Trinajstić information content (AvgIpc) is 3.11. The highest BCUT2D eigenvalue weighted by Gasteiger charge is 2.44. The Morgan fingerprint density at radius 3 is 2.62 bits per heavy atom. The molecule has 2 aromatic rings. The van der Waals surface area contributed by atoms with Crippen LogP contribution < -0.4 is 15.5 Å². The lowest BCUT2D eigenvalue weighted by molar-refractivity contribution is 0.193. The molecule has 6 nitrogen and oxygen atoms in total. The van der Waals surface area contributed by atoms with Crippen LogP contribution >= 0.6 is 39.1 Å². The molecular formula is C19H18BrCl2N4O2S+. The number of halogens is 3. The Morgan fingerprint density at radius 1 is 1.17 bits per heavy atom. The van der Waals surface area contributed by atoms with Crippen LogP contribution in [0.4, 0.5) is 21.9 Å². The molecule has 0 radical (unpaired) electrons. The zero-order valence-corrected chi connectivity index (χ0v) is 19.1. The maximum absolute atomic E-state index is 12.6. The molecule has 0 spiro atoms. The zero-order chi connectivity index (χ0) is 20.5. The lowest BCUT2D eigenvalue weighted by atomic mass is 10.0.